The third-order valence-electron chi connectivity index (χ3n) is 4.26. The van der Waals surface area contributed by atoms with Gasteiger partial charge in [0.15, 0.2) is 0 Å². The van der Waals surface area contributed by atoms with Crippen LogP contribution in [0.25, 0.3) is 0 Å². The molecule has 0 spiro atoms. The van der Waals surface area contributed by atoms with Crippen LogP contribution in [0.1, 0.15) is 25.6 Å². The summed E-state index contributed by atoms with van der Waals surface area (Å²) in [4.78, 5) is 15.8. The van der Waals surface area contributed by atoms with E-state index in [0.29, 0.717) is 18.8 Å². The van der Waals surface area contributed by atoms with Gasteiger partial charge in [0.1, 0.15) is 0 Å². The van der Waals surface area contributed by atoms with E-state index in [1.165, 1.54) is 21.3 Å². The monoisotopic (exact) mass is 409 g/mol. The number of nitrogens with zero attached hydrogens (tertiary/aromatic N) is 2. The van der Waals surface area contributed by atoms with Crippen LogP contribution in [0.2, 0.25) is 0 Å². The highest BCUT2D eigenvalue weighted by atomic mass is 32.2. The number of hydrogen-bond acceptors (Lipinski definition) is 5. The summed E-state index contributed by atoms with van der Waals surface area (Å²) >= 11 is 1.67. The number of nitrogens with one attached hydrogen (secondary N) is 1. The van der Waals surface area contributed by atoms with Crippen LogP contribution in [0.5, 0.6) is 0 Å². The number of amides is 1. The van der Waals surface area contributed by atoms with Crippen LogP contribution in [0.4, 0.5) is 5.69 Å². The molecule has 148 valence electrons. The van der Waals surface area contributed by atoms with Gasteiger partial charge < -0.3 is 5.32 Å². The molecule has 0 bridgehead atoms. The molecule has 1 N–H and O–H groups in total. The van der Waals surface area contributed by atoms with Gasteiger partial charge in [-0.25, -0.2) is 8.42 Å². The zero-order chi connectivity index (χ0) is 19.9. The number of sulfonamides is 1. The zero-order valence-corrected chi connectivity index (χ0v) is 17.6. The smallest absolute Gasteiger partial charge is 0.243 e. The van der Waals surface area contributed by atoms with Crippen molar-refractivity contribution in [3.63, 3.8) is 0 Å². The Bertz CT molecular complexity index is 814. The molecule has 2 aromatic rings. The van der Waals surface area contributed by atoms with E-state index in [2.05, 4.69) is 16.3 Å². The quantitative estimate of drug-likeness (QED) is 0.654. The Morgan fingerprint density at radius 1 is 1.04 bits per heavy atom. The first-order valence-electron chi connectivity index (χ1n) is 9.05. The number of likely N-dealkylation sites (N-methyl/N-ethyl adjacent to an activating group) is 1. The zero-order valence-electron chi connectivity index (χ0n) is 16.0. The third kappa shape index (κ3) is 5.87. The van der Waals surface area contributed by atoms with Crippen LogP contribution in [0.3, 0.4) is 0 Å². The lowest BCUT2D eigenvalue weighted by Gasteiger charge is -2.20. The van der Waals surface area contributed by atoms with Crippen LogP contribution < -0.4 is 5.32 Å². The molecule has 8 heteroatoms. The van der Waals surface area contributed by atoms with Gasteiger partial charge in [0.2, 0.25) is 15.9 Å². The van der Waals surface area contributed by atoms with Crippen molar-refractivity contribution in [2.75, 3.05) is 31.5 Å². The largest absolute Gasteiger partial charge is 0.325 e. The number of carbonyl (C=O) groups is 1. The minimum Gasteiger partial charge on any atom is -0.325 e. The molecule has 1 aromatic heterocycles. The van der Waals surface area contributed by atoms with E-state index in [9.17, 15) is 13.2 Å². The maximum Gasteiger partial charge on any atom is 0.243 e. The summed E-state index contributed by atoms with van der Waals surface area (Å²) in [5, 5.41) is 4.86. The van der Waals surface area contributed by atoms with Gasteiger partial charge >= 0.3 is 0 Å². The number of benzene rings is 1. The molecule has 0 aliphatic heterocycles. The second-order valence-electron chi connectivity index (χ2n) is 6.04. The lowest BCUT2D eigenvalue weighted by atomic mass is 10.3. The lowest BCUT2D eigenvalue weighted by molar-refractivity contribution is -0.117. The Labute approximate surface area is 165 Å². The summed E-state index contributed by atoms with van der Waals surface area (Å²) in [5.74, 6) is -0.118. The fourth-order valence-corrected chi connectivity index (χ4v) is 4.93. The summed E-state index contributed by atoms with van der Waals surface area (Å²) < 4.78 is 26.4. The third-order valence-corrected chi connectivity index (χ3v) is 7.18. The average molecular weight is 410 g/mol. The lowest BCUT2D eigenvalue weighted by Crippen LogP contribution is -2.32. The van der Waals surface area contributed by atoms with Crippen LogP contribution in [-0.4, -0.2) is 49.7 Å². The normalized spacial score (nSPS) is 11.9. The van der Waals surface area contributed by atoms with E-state index in [1.807, 2.05) is 32.2 Å². The number of rotatable bonds is 10. The maximum absolute atomic E-state index is 12.5. The SMILES string of the molecule is CCN(CC(=O)Nc1ccc(S(=O)(=O)N(CC)CC)cc1)Cc1cccs1. The molecule has 1 amide bonds. The van der Waals surface area contributed by atoms with Crippen molar-refractivity contribution < 1.29 is 13.2 Å². The predicted molar refractivity (Wildman–Crippen MR) is 110 cm³/mol. The molecule has 0 aliphatic carbocycles. The molecule has 0 aliphatic rings. The van der Waals surface area contributed by atoms with Crippen molar-refractivity contribution in [1.29, 1.82) is 0 Å². The first-order chi connectivity index (χ1) is 12.9. The minimum atomic E-state index is -3.48. The molecular formula is C19H27N3O3S2. The molecule has 0 saturated heterocycles. The van der Waals surface area contributed by atoms with Crippen molar-refractivity contribution in [2.24, 2.45) is 0 Å². The molecule has 6 nitrogen and oxygen atoms in total. The summed E-state index contributed by atoms with van der Waals surface area (Å²) in [7, 11) is -3.48. The van der Waals surface area contributed by atoms with Crippen molar-refractivity contribution in [3.05, 3.63) is 46.7 Å². The number of anilines is 1. The fourth-order valence-electron chi connectivity index (χ4n) is 2.73. The maximum atomic E-state index is 12.5. The Morgan fingerprint density at radius 2 is 1.70 bits per heavy atom. The number of carbonyl (C=O) groups excluding carboxylic acids is 1. The van der Waals surface area contributed by atoms with Crippen molar-refractivity contribution in [2.45, 2.75) is 32.2 Å². The van der Waals surface area contributed by atoms with Gasteiger partial charge in [-0.3, -0.25) is 9.69 Å². The van der Waals surface area contributed by atoms with E-state index in [-0.39, 0.29) is 17.3 Å². The van der Waals surface area contributed by atoms with Gasteiger partial charge in [-0.1, -0.05) is 26.8 Å². The van der Waals surface area contributed by atoms with E-state index < -0.39 is 10.0 Å². The molecule has 27 heavy (non-hydrogen) atoms. The Hall–Kier alpha value is -1.74. The molecule has 1 aromatic carbocycles. The highest BCUT2D eigenvalue weighted by Gasteiger charge is 2.21. The van der Waals surface area contributed by atoms with Crippen LogP contribution >= 0.6 is 11.3 Å². The molecule has 2 rings (SSSR count). The fraction of sp³-hybridized carbons (Fsp3) is 0.421. The van der Waals surface area contributed by atoms with E-state index in [4.69, 9.17) is 0 Å². The molecule has 1 heterocycles. The minimum absolute atomic E-state index is 0.118. The van der Waals surface area contributed by atoms with E-state index >= 15 is 0 Å². The molecule has 0 saturated carbocycles. The van der Waals surface area contributed by atoms with Gasteiger partial charge in [-0.2, -0.15) is 4.31 Å². The van der Waals surface area contributed by atoms with Gasteiger partial charge in [0.25, 0.3) is 0 Å². The summed E-state index contributed by atoms with van der Waals surface area (Å²) in [6, 6.07) is 10.4. The summed E-state index contributed by atoms with van der Waals surface area (Å²) in [5.41, 5.74) is 0.589. The van der Waals surface area contributed by atoms with E-state index in [0.717, 1.165) is 13.1 Å². The Kier molecular flexibility index (Phi) is 7.97. The molecule has 0 atom stereocenters. The van der Waals surface area contributed by atoms with Crippen molar-refractivity contribution >= 4 is 33.0 Å². The second-order valence-corrected chi connectivity index (χ2v) is 9.01. The molecule has 0 unspecified atom stereocenters. The first-order valence-corrected chi connectivity index (χ1v) is 11.4. The second kappa shape index (κ2) is 9.98. The summed E-state index contributed by atoms with van der Waals surface area (Å²) in [6.45, 7) is 8.29. The summed E-state index contributed by atoms with van der Waals surface area (Å²) in [6.07, 6.45) is 0. The Balaban J connectivity index is 1.98. The van der Waals surface area contributed by atoms with Gasteiger partial charge in [-0.15, -0.1) is 11.3 Å². The number of thiophene rings is 1. The van der Waals surface area contributed by atoms with Gasteiger partial charge in [0, 0.05) is 30.2 Å². The average Bonchev–Trinajstić information content (AvgIpc) is 3.15. The van der Waals surface area contributed by atoms with Gasteiger partial charge in [-0.05, 0) is 42.3 Å². The van der Waals surface area contributed by atoms with Gasteiger partial charge in [0.05, 0.1) is 11.4 Å². The van der Waals surface area contributed by atoms with Crippen LogP contribution in [0.15, 0.2) is 46.7 Å². The predicted octanol–water partition coefficient (Wildman–Crippen LogP) is 3.24. The standard InChI is InChI=1S/C19H27N3O3S2/c1-4-21(14-17-8-7-13-26-17)15-19(23)20-16-9-11-18(12-10-16)27(24,25)22(5-2)6-3/h7-13H,4-6,14-15H2,1-3H3,(H,20,23). The number of hydrogen-bond donors (Lipinski definition) is 1. The van der Waals surface area contributed by atoms with Crippen LogP contribution in [0, 0.1) is 0 Å². The highest BCUT2D eigenvalue weighted by Crippen LogP contribution is 2.18. The molecule has 0 fully saturated rings. The topological polar surface area (TPSA) is 69.7 Å². The van der Waals surface area contributed by atoms with E-state index in [1.54, 1.807) is 23.5 Å². The Morgan fingerprint density at radius 3 is 2.22 bits per heavy atom. The first kappa shape index (κ1) is 21.6. The van der Waals surface area contributed by atoms with Crippen LogP contribution in [-0.2, 0) is 21.4 Å². The molecule has 0 radical (unpaired) electrons. The highest BCUT2D eigenvalue weighted by molar-refractivity contribution is 7.89. The van der Waals surface area contributed by atoms with Crippen molar-refractivity contribution in [3.8, 4) is 0 Å². The molecular weight excluding hydrogens is 382 g/mol. The van der Waals surface area contributed by atoms with Crippen molar-refractivity contribution in [1.82, 2.24) is 9.21 Å².